The predicted molar refractivity (Wildman–Crippen MR) is 135 cm³/mol. The Bertz CT molecular complexity index is 995. The molecule has 184 valence electrons. The first kappa shape index (κ1) is 24.4. The summed E-state index contributed by atoms with van der Waals surface area (Å²) in [6.45, 7) is 8.83. The zero-order chi connectivity index (χ0) is 24.2. The number of nitrogens with two attached hydrogens (primary N) is 1. The van der Waals surface area contributed by atoms with E-state index in [1.807, 2.05) is 6.20 Å². The maximum Gasteiger partial charge on any atom is 0.245 e. The molecular formula is C26H39N7O. The van der Waals surface area contributed by atoms with Crippen molar-refractivity contribution in [2.24, 2.45) is 5.73 Å². The molecule has 8 heteroatoms. The summed E-state index contributed by atoms with van der Waals surface area (Å²) >= 11 is 0. The summed E-state index contributed by atoms with van der Waals surface area (Å²) in [6, 6.07) is 5.39. The van der Waals surface area contributed by atoms with Crippen molar-refractivity contribution in [3.8, 4) is 0 Å². The highest BCUT2D eigenvalue weighted by atomic mass is 16.1. The molecule has 3 heterocycles. The average molecular weight is 466 g/mol. The zero-order valence-electron chi connectivity index (χ0n) is 20.9. The molecule has 4 N–H and O–H groups in total. The molecule has 0 spiro atoms. The Labute approximate surface area is 203 Å². The van der Waals surface area contributed by atoms with E-state index in [0.717, 1.165) is 37.3 Å². The molecule has 1 amide bonds. The third kappa shape index (κ3) is 5.18. The molecule has 8 nitrogen and oxygen atoms in total. The summed E-state index contributed by atoms with van der Waals surface area (Å²) in [5.74, 6) is 1.22. The summed E-state index contributed by atoms with van der Waals surface area (Å²) in [6.07, 6.45) is 10.1. The van der Waals surface area contributed by atoms with E-state index in [9.17, 15) is 4.79 Å². The van der Waals surface area contributed by atoms with Crippen LogP contribution >= 0.6 is 0 Å². The topological polar surface area (TPSA) is 103 Å². The average Bonchev–Trinajstić information content (AvgIpc) is 3.61. The van der Waals surface area contributed by atoms with Gasteiger partial charge in [0, 0.05) is 74.9 Å². The summed E-state index contributed by atoms with van der Waals surface area (Å²) in [5.41, 5.74) is 9.92. The van der Waals surface area contributed by atoms with Gasteiger partial charge in [0.2, 0.25) is 5.91 Å². The van der Waals surface area contributed by atoms with Crippen LogP contribution < -0.4 is 11.1 Å². The van der Waals surface area contributed by atoms with E-state index >= 15 is 0 Å². The minimum Gasteiger partial charge on any atom is -0.363 e. The lowest BCUT2D eigenvalue weighted by molar-refractivity contribution is -0.116. The number of carbonyl (C=O) groups is 1. The van der Waals surface area contributed by atoms with Crippen molar-refractivity contribution < 1.29 is 4.79 Å². The van der Waals surface area contributed by atoms with E-state index in [1.165, 1.54) is 24.1 Å². The quantitative estimate of drug-likeness (QED) is 0.492. The number of aromatic nitrogens is 3. The van der Waals surface area contributed by atoms with Gasteiger partial charge in [0.25, 0.3) is 0 Å². The first-order valence-corrected chi connectivity index (χ1v) is 12.6. The Morgan fingerprint density at radius 3 is 2.68 bits per heavy atom. The molecule has 2 aliphatic rings. The summed E-state index contributed by atoms with van der Waals surface area (Å²) in [4.78, 5) is 30.0. The Kier molecular flexibility index (Phi) is 7.68. The van der Waals surface area contributed by atoms with Gasteiger partial charge in [-0.1, -0.05) is 19.9 Å². The van der Waals surface area contributed by atoms with Gasteiger partial charge in [-0.25, -0.2) is 4.98 Å². The van der Waals surface area contributed by atoms with Crippen molar-refractivity contribution in [1.29, 1.82) is 0 Å². The normalized spacial score (nSPS) is 22.6. The number of amides is 1. The molecule has 0 aromatic carbocycles. The van der Waals surface area contributed by atoms with Gasteiger partial charge in [-0.2, -0.15) is 0 Å². The number of hydrogen-bond acceptors (Lipinski definition) is 6. The van der Waals surface area contributed by atoms with E-state index in [1.54, 1.807) is 13.1 Å². The van der Waals surface area contributed by atoms with Crippen molar-refractivity contribution in [2.45, 2.75) is 77.0 Å². The van der Waals surface area contributed by atoms with Crippen LogP contribution in [0.15, 0.2) is 30.6 Å². The number of nitrogens with zero attached hydrogens (tertiary/aromatic N) is 4. The van der Waals surface area contributed by atoms with E-state index in [2.05, 4.69) is 64.2 Å². The number of hydrogen-bond donors (Lipinski definition) is 3. The standard InChI is InChI=1S/C26H39N7O/c1-5-21-16-32(23(6-2)19-9-10-22(29-13-19)18-7-8-18)17(3)15-33(21)24(11-25(34)28-4)26-30-14-20(12-27)31-26/h9-11,13-14,17-18,21,23H,5-8,12,15-16,27H2,1-4H3,(H,28,34)(H,30,31)/b24-11+/t17-,21+,23?/m1/s1. The molecule has 2 aromatic rings. The molecule has 1 aliphatic carbocycles. The molecule has 2 aromatic heterocycles. The van der Waals surface area contributed by atoms with Gasteiger partial charge in [0.15, 0.2) is 5.82 Å². The summed E-state index contributed by atoms with van der Waals surface area (Å²) in [5, 5.41) is 2.72. The Morgan fingerprint density at radius 1 is 1.32 bits per heavy atom. The third-order valence-corrected chi connectivity index (χ3v) is 7.24. The van der Waals surface area contributed by atoms with Crippen LogP contribution in [0.2, 0.25) is 0 Å². The number of imidazole rings is 1. The Morgan fingerprint density at radius 2 is 2.12 bits per heavy atom. The van der Waals surface area contributed by atoms with Crippen molar-refractivity contribution >= 4 is 11.6 Å². The number of carbonyl (C=O) groups excluding carboxylic acids is 1. The van der Waals surface area contributed by atoms with Gasteiger partial charge in [-0.05, 0) is 44.2 Å². The lowest BCUT2D eigenvalue weighted by Gasteiger charge is -2.49. The predicted octanol–water partition coefficient (Wildman–Crippen LogP) is 3.16. The first-order valence-electron chi connectivity index (χ1n) is 12.6. The van der Waals surface area contributed by atoms with Crippen LogP contribution in [-0.2, 0) is 11.3 Å². The van der Waals surface area contributed by atoms with Gasteiger partial charge in [-0.3, -0.25) is 14.7 Å². The highest BCUT2D eigenvalue weighted by Gasteiger charge is 2.36. The zero-order valence-corrected chi connectivity index (χ0v) is 20.9. The lowest BCUT2D eigenvalue weighted by atomic mass is 9.96. The van der Waals surface area contributed by atoms with E-state index in [-0.39, 0.29) is 11.9 Å². The van der Waals surface area contributed by atoms with Crippen LogP contribution in [0.4, 0.5) is 0 Å². The third-order valence-electron chi connectivity index (χ3n) is 7.24. The van der Waals surface area contributed by atoms with Crippen molar-refractivity contribution in [3.63, 3.8) is 0 Å². The molecule has 1 saturated carbocycles. The van der Waals surface area contributed by atoms with Gasteiger partial charge in [0.05, 0.1) is 11.4 Å². The van der Waals surface area contributed by atoms with Crippen LogP contribution in [0.1, 0.15) is 81.2 Å². The van der Waals surface area contributed by atoms with Crippen LogP contribution in [-0.4, -0.2) is 62.9 Å². The maximum absolute atomic E-state index is 12.4. The second kappa shape index (κ2) is 10.7. The van der Waals surface area contributed by atoms with Gasteiger partial charge >= 0.3 is 0 Å². The second-order valence-corrected chi connectivity index (χ2v) is 9.56. The van der Waals surface area contributed by atoms with Crippen LogP contribution in [0, 0.1) is 0 Å². The summed E-state index contributed by atoms with van der Waals surface area (Å²) < 4.78 is 0. The maximum atomic E-state index is 12.4. The molecular weight excluding hydrogens is 426 g/mol. The van der Waals surface area contributed by atoms with Crippen LogP contribution in [0.5, 0.6) is 0 Å². The fourth-order valence-corrected chi connectivity index (χ4v) is 5.11. The van der Waals surface area contributed by atoms with E-state index < -0.39 is 0 Å². The highest BCUT2D eigenvalue weighted by molar-refractivity contribution is 5.94. The van der Waals surface area contributed by atoms with Crippen LogP contribution in [0.25, 0.3) is 5.70 Å². The molecule has 3 atom stereocenters. The SMILES string of the molecule is CCC(c1ccc(C2CC2)nc1)N1C[C@H](CC)N(/C(=C/C(=O)NC)c2nc(CN)c[nH]2)C[C@H]1C. The first-order chi connectivity index (χ1) is 16.5. The van der Waals surface area contributed by atoms with Crippen molar-refractivity contribution in [3.05, 3.63) is 53.4 Å². The van der Waals surface area contributed by atoms with E-state index in [4.69, 9.17) is 10.7 Å². The van der Waals surface area contributed by atoms with Crippen molar-refractivity contribution in [2.75, 3.05) is 20.1 Å². The fourth-order valence-electron chi connectivity index (χ4n) is 5.11. The molecule has 34 heavy (non-hydrogen) atoms. The molecule has 4 rings (SSSR count). The minimum absolute atomic E-state index is 0.140. The fraction of sp³-hybridized carbons (Fsp3) is 0.577. The molecule has 1 aliphatic heterocycles. The smallest absolute Gasteiger partial charge is 0.245 e. The van der Waals surface area contributed by atoms with Gasteiger partial charge in [0.1, 0.15) is 0 Å². The lowest BCUT2D eigenvalue weighted by Crippen LogP contribution is -2.57. The monoisotopic (exact) mass is 465 g/mol. The summed E-state index contributed by atoms with van der Waals surface area (Å²) in [7, 11) is 1.65. The van der Waals surface area contributed by atoms with Gasteiger partial charge in [-0.15, -0.1) is 0 Å². The minimum atomic E-state index is -0.140. The highest BCUT2D eigenvalue weighted by Crippen LogP contribution is 2.39. The van der Waals surface area contributed by atoms with E-state index in [0.29, 0.717) is 30.4 Å². The van der Waals surface area contributed by atoms with Crippen LogP contribution in [0.3, 0.4) is 0 Å². The molecule has 0 radical (unpaired) electrons. The number of aromatic amines is 1. The van der Waals surface area contributed by atoms with Gasteiger partial charge < -0.3 is 20.9 Å². The number of H-pyrrole nitrogens is 1. The number of rotatable bonds is 9. The molecule has 0 bridgehead atoms. The van der Waals surface area contributed by atoms with Crippen molar-refractivity contribution in [1.82, 2.24) is 30.1 Å². The Balaban J connectivity index is 1.59. The second-order valence-electron chi connectivity index (χ2n) is 9.56. The molecule has 2 fully saturated rings. The number of piperazine rings is 1. The number of nitrogens with one attached hydrogen (secondary N) is 2. The number of pyridine rings is 1. The molecule has 1 unspecified atom stereocenters. The largest absolute Gasteiger partial charge is 0.363 e. The molecule has 1 saturated heterocycles. The number of likely N-dealkylation sites (N-methyl/N-ethyl adjacent to an activating group) is 1. The Hall–Kier alpha value is -2.71.